The largest absolute Gasteiger partial charge is 0.394 e. The van der Waals surface area contributed by atoms with Gasteiger partial charge in [0.1, 0.15) is 0 Å². The van der Waals surface area contributed by atoms with Gasteiger partial charge >= 0.3 is 0 Å². The molecule has 0 unspecified atom stereocenters. The molecule has 6 heteroatoms. The first-order valence-corrected chi connectivity index (χ1v) is 6.49. The van der Waals surface area contributed by atoms with Crippen molar-refractivity contribution in [2.24, 2.45) is 0 Å². The molecule has 1 aromatic heterocycles. The molecule has 2 aliphatic rings. The van der Waals surface area contributed by atoms with Crippen molar-refractivity contribution >= 4 is 5.91 Å². The van der Waals surface area contributed by atoms with Crippen LogP contribution in [0.1, 0.15) is 49.1 Å². The lowest BCUT2D eigenvalue weighted by molar-refractivity contribution is 0.0467. The molecule has 1 aromatic rings. The first-order chi connectivity index (χ1) is 8.64. The number of carbonyl (C=O) groups is 1. The van der Waals surface area contributed by atoms with Crippen molar-refractivity contribution in [3.05, 3.63) is 11.9 Å². The van der Waals surface area contributed by atoms with Gasteiger partial charge in [0.25, 0.3) is 5.91 Å². The molecule has 0 radical (unpaired) electrons. The van der Waals surface area contributed by atoms with Crippen molar-refractivity contribution in [3.63, 3.8) is 0 Å². The number of aliphatic hydroxyl groups is 1. The second-order valence-electron chi connectivity index (χ2n) is 5.53. The van der Waals surface area contributed by atoms with Crippen molar-refractivity contribution in [1.29, 1.82) is 0 Å². The Labute approximate surface area is 106 Å². The van der Waals surface area contributed by atoms with Gasteiger partial charge in [0, 0.05) is 6.54 Å². The molecule has 1 amide bonds. The van der Waals surface area contributed by atoms with E-state index in [9.17, 15) is 9.90 Å². The Morgan fingerprint density at radius 2 is 2.39 bits per heavy atom. The van der Waals surface area contributed by atoms with E-state index in [0.717, 1.165) is 25.7 Å². The summed E-state index contributed by atoms with van der Waals surface area (Å²) in [7, 11) is 0. The van der Waals surface area contributed by atoms with Gasteiger partial charge in [-0.3, -0.25) is 4.79 Å². The van der Waals surface area contributed by atoms with E-state index in [0.29, 0.717) is 18.3 Å². The molecule has 1 aliphatic carbocycles. The van der Waals surface area contributed by atoms with Gasteiger partial charge in [-0.2, -0.15) is 0 Å². The summed E-state index contributed by atoms with van der Waals surface area (Å²) >= 11 is 0. The summed E-state index contributed by atoms with van der Waals surface area (Å²) in [4.78, 5) is 14.1. The van der Waals surface area contributed by atoms with Crippen molar-refractivity contribution in [1.82, 2.24) is 19.9 Å². The third-order valence-electron chi connectivity index (χ3n) is 3.98. The highest BCUT2D eigenvalue weighted by Gasteiger charge is 2.40. The van der Waals surface area contributed by atoms with E-state index in [1.807, 2.05) is 6.92 Å². The first-order valence-electron chi connectivity index (χ1n) is 6.49. The highest BCUT2D eigenvalue weighted by molar-refractivity contribution is 5.92. The highest BCUT2D eigenvalue weighted by atomic mass is 16.3. The summed E-state index contributed by atoms with van der Waals surface area (Å²) in [5, 5.41) is 17.4. The minimum Gasteiger partial charge on any atom is -0.394 e. The fraction of sp³-hybridized carbons (Fsp3) is 0.750. The molecule has 1 atom stereocenters. The standard InChI is InChI=1S/C12H18N4O2/c1-12(8-17)5-2-6-15(12)11(18)10-7-16(14-13-10)9-3-4-9/h7,9,17H,2-6,8H2,1H3/t12-/m1/s1. The highest BCUT2D eigenvalue weighted by Crippen LogP contribution is 2.34. The summed E-state index contributed by atoms with van der Waals surface area (Å²) < 4.78 is 1.78. The molecule has 2 heterocycles. The maximum Gasteiger partial charge on any atom is 0.276 e. The van der Waals surface area contributed by atoms with Gasteiger partial charge in [-0.05, 0) is 32.6 Å². The average molecular weight is 250 g/mol. The lowest BCUT2D eigenvalue weighted by Crippen LogP contribution is -2.47. The van der Waals surface area contributed by atoms with Crippen LogP contribution in [0.15, 0.2) is 6.20 Å². The molecular formula is C12H18N4O2. The van der Waals surface area contributed by atoms with Crippen LogP contribution in [0.3, 0.4) is 0 Å². The Balaban J connectivity index is 1.80. The van der Waals surface area contributed by atoms with Crippen LogP contribution in [0.25, 0.3) is 0 Å². The van der Waals surface area contributed by atoms with Gasteiger partial charge in [0.2, 0.25) is 0 Å². The molecule has 0 spiro atoms. The molecule has 0 bridgehead atoms. The van der Waals surface area contributed by atoms with Crippen LogP contribution in [0.2, 0.25) is 0 Å². The summed E-state index contributed by atoms with van der Waals surface area (Å²) in [6, 6.07) is 0.432. The predicted molar refractivity (Wildman–Crippen MR) is 64.1 cm³/mol. The molecule has 98 valence electrons. The second kappa shape index (κ2) is 4.05. The maximum absolute atomic E-state index is 12.4. The van der Waals surface area contributed by atoms with E-state index in [1.165, 1.54) is 0 Å². The third kappa shape index (κ3) is 1.80. The zero-order chi connectivity index (χ0) is 12.8. The Bertz CT molecular complexity index is 468. The topological polar surface area (TPSA) is 71.2 Å². The Hall–Kier alpha value is -1.43. The van der Waals surface area contributed by atoms with Crippen LogP contribution in [0.5, 0.6) is 0 Å². The molecule has 1 saturated carbocycles. The van der Waals surface area contributed by atoms with Gasteiger partial charge in [0.15, 0.2) is 5.69 Å². The van der Waals surface area contributed by atoms with E-state index in [4.69, 9.17) is 0 Å². The maximum atomic E-state index is 12.4. The second-order valence-corrected chi connectivity index (χ2v) is 5.53. The average Bonchev–Trinajstić information content (AvgIpc) is 2.98. The summed E-state index contributed by atoms with van der Waals surface area (Å²) in [5.74, 6) is -0.115. The number of likely N-dealkylation sites (tertiary alicyclic amines) is 1. The number of nitrogens with zero attached hydrogens (tertiary/aromatic N) is 4. The Morgan fingerprint density at radius 1 is 1.61 bits per heavy atom. The summed E-state index contributed by atoms with van der Waals surface area (Å²) in [5.41, 5.74) is -0.0519. The van der Waals surface area contributed by atoms with Crippen LogP contribution in [-0.2, 0) is 0 Å². The molecule has 1 N–H and O–H groups in total. The number of hydrogen-bond donors (Lipinski definition) is 1. The van der Waals surface area contributed by atoms with Crippen LogP contribution in [0.4, 0.5) is 0 Å². The van der Waals surface area contributed by atoms with Crippen molar-refractivity contribution in [3.8, 4) is 0 Å². The van der Waals surface area contributed by atoms with E-state index >= 15 is 0 Å². The van der Waals surface area contributed by atoms with Crippen LogP contribution < -0.4 is 0 Å². The molecule has 1 saturated heterocycles. The van der Waals surface area contributed by atoms with Crippen molar-refractivity contribution < 1.29 is 9.90 Å². The normalized spacial score (nSPS) is 27.8. The minimum atomic E-state index is -0.444. The number of rotatable bonds is 3. The number of hydrogen-bond acceptors (Lipinski definition) is 4. The molecule has 3 rings (SSSR count). The van der Waals surface area contributed by atoms with Crippen molar-refractivity contribution in [2.45, 2.75) is 44.2 Å². The number of carbonyl (C=O) groups excluding carboxylic acids is 1. The van der Waals surface area contributed by atoms with Gasteiger partial charge in [-0.15, -0.1) is 5.10 Å². The van der Waals surface area contributed by atoms with E-state index in [2.05, 4.69) is 10.3 Å². The fourth-order valence-corrected chi connectivity index (χ4v) is 2.56. The van der Waals surface area contributed by atoms with Crippen LogP contribution in [-0.4, -0.2) is 49.6 Å². The molecule has 6 nitrogen and oxygen atoms in total. The molecule has 18 heavy (non-hydrogen) atoms. The predicted octanol–water partition coefficient (Wildman–Crippen LogP) is 0.600. The van der Waals surface area contributed by atoms with E-state index in [-0.39, 0.29) is 12.5 Å². The number of aromatic nitrogens is 3. The molecular weight excluding hydrogens is 232 g/mol. The quantitative estimate of drug-likeness (QED) is 0.852. The van der Waals surface area contributed by atoms with Gasteiger partial charge in [-0.1, -0.05) is 5.21 Å². The van der Waals surface area contributed by atoms with E-state index < -0.39 is 5.54 Å². The number of aliphatic hydroxyl groups excluding tert-OH is 1. The zero-order valence-electron chi connectivity index (χ0n) is 10.5. The Kier molecular flexibility index (Phi) is 2.62. The van der Waals surface area contributed by atoms with Crippen LogP contribution >= 0.6 is 0 Å². The molecule has 0 aromatic carbocycles. The molecule has 1 aliphatic heterocycles. The minimum absolute atomic E-state index is 0.00446. The SMILES string of the molecule is C[C@]1(CO)CCCN1C(=O)c1cn(C2CC2)nn1. The summed E-state index contributed by atoms with van der Waals surface area (Å²) in [6.07, 6.45) is 5.74. The van der Waals surface area contributed by atoms with Gasteiger partial charge < -0.3 is 10.0 Å². The smallest absolute Gasteiger partial charge is 0.276 e. The lowest BCUT2D eigenvalue weighted by atomic mass is 10.0. The zero-order valence-corrected chi connectivity index (χ0v) is 10.5. The lowest BCUT2D eigenvalue weighted by Gasteiger charge is -2.32. The summed E-state index contributed by atoms with van der Waals surface area (Å²) in [6.45, 7) is 2.60. The van der Waals surface area contributed by atoms with Gasteiger partial charge in [0.05, 0.1) is 24.4 Å². The van der Waals surface area contributed by atoms with Gasteiger partial charge in [-0.25, -0.2) is 4.68 Å². The molecule has 2 fully saturated rings. The van der Waals surface area contributed by atoms with Crippen LogP contribution in [0, 0.1) is 0 Å². The third-order valence-corrected chi connectivity index (χ3v) is 3.98. The monoisotopic (exact) mass is 250 g/mol. The number of amides is 1. The van der Waals surface area contributed by atoms with Crippen molar-refractivity contribution in [2.75, 3.05) is 13.2 Å². The van der Waals surface area contributed by atoms with E-state index in [1.54, 1.807) is 15.8 Å². The fourth-order valence-electron chi connectivity index (χ4n) is 2.56. The Morgan fingerprint density at radius 3 is 3.06 bits per heavy atom. The first kappa shape index (κ1) is 11.6.